The first-order valence-corrected chi connectivity index (χ1v) is 12.0. The molecule has 0 saturated heterocycles. The van der Waals surface area contributed by atoms with E-state index in [-0.39, 0.29) is 11.1 Å². The van der Waals surface area contributed by atoms with E-state index >= 15 is 0 Å². The van der Waals surface area contributed by atoms with Gasteiger partial charge in [-0.1, -0.05) is 91.9 Å². The number of aromatic carboxylic acids is 2. The summed E-state index contributed by atoms with van der Waals surface area (Å²) in [5, 5.41) is 19.7. The molecule has 1 aromatic rings. The molecule has 2 unspecified atom stereocenters. The van der Waals surface area contributed by atoms with E-state index in [2.05, 4.69) is 27.7 Å². The Morgan fingerprint density at radius 2 is 1.20 bits per heavy atom. The molecule has 0 amide bonds. The summed E-state index contributed by atoms with van der Waals surface area (Å²) in [6, 6.07) is 3.01. The van der Waals surface area contributed by atoms with Gasteiger partial charge < -0.3 is 10.2 Å². The van der Waals surface area contributed by atoms with Crippen LogP contribution in [-0.2, 0) is 12.8 Å². The van der Waals surface area contributed by atoms with Crippen LogP contribution in [0, 0.1) is 11.8 Å². The summed E-state index contributed by atoms with van der Waals surface area (Å²) in [7, 11) is 0. The van der Waals surface area contributed by atoms with E-state index in [1.807, 2.05) is 0 Å². The van der Waals surface area contributed by atoms with Gasteiger partial charge in [0.2, 0.25) is 0 Å². The second-order valence-electron chi connectivity index (χ2n) is 8.70. The Balaban J connectivity index is 3.40. The third-order valence-corrected chi connectivity index (χ3v) is 6.33. The van der Waals surface area contributed by atoms with Crippen LogP contribution in [0.2, 0.25) is 0 Å². The van der Waals surface area contributed by atoms with Crippen LogP contribution < -0.4 is 0 Å². The van der Waals surface area contributed by atoms with E-state index in [4.69, 9.17) is 0 Å². The van der Waals surface area contributed by atoms with Gasteiger partial charge in [-0.15, -0.1) is 0 Å². The highest BCUT2D eigenvalue weighted by Gasteiger charge is 2.24. The highest BCUT2D eigenvalue weighted by Crippen LogP contribution is 2.31. The Hall–Kier alpha value is -1.84. The standard InChI is InChI=1S/C26H42O4/c1-5-9-11-14-20(12-7-3)18-24-22(26(29)30)16-15-21(25(27)28)23(24)17-19(8-4)13-10-6-2/h15-16,19-20H,5-14,17-18H2,1-4H3,(H,27,28)(H,29,30). The zero-order valence-corrected chi connectivity index (χ0v) is 19.5. The lowest BCUT2D eigenvalue weighted by molar-refractivity contribution is 0.0678. The average Bonchev–Trinajstić information content (AvgIpc) is 2.71. The van der Waals surface area contributed by atoms with Crippen molar-refractivity contribution in [2.45, 2.75) is 105 Å². The van der Waals surface area contributed by atoms with E-state index in [1.54, 1.807) is 0 Å². The fourth-order valence-corrected chi connectivity index (χ4v) is 4.52. The SMILES string of the molecule is CCCCCC(CCC)Cc1c(C(=O)O)ccc(C(=O)O)c1CC(CC)CCCC. The molecule has 0 radical (unpaired) electrons. The molecule has 0 aliphatic heterocycles. The lowest BCUT2D eigenvalue weighted by atomic mass is 9.81. The summed E-state index contributed by atoms with van der Waals surface area (Å²) < 4.78 is 0. The van der Waals surface area contributed by atoms with Crippen LogP contribution >= 0.6 is 0 Å². The topological polar surface area (TPSA) is 74.6 Å². The van der Waals surface area contributed by atoms with Crippen LogP contribution in [0.25, 0.3) is 0 Å². The van der Waals surface area contributed by atoms with Crippen molar-refractivity contribution in [3.8, 4) is 0 Å². The first-order chi connectivity index (χ1) is 14.4. The van der Waals surface area contributed by atoms with Gasteiger partial charge in [0.05, 0.1) is 11.1 Å². The minimum Gasteiger partial charge on any atom is -0.478 e. The normalized spacial score (nSPS) is 13.2. The second kappa shape index (κ2) is 14.2. The molecule has 0 heterocycles. The fourth-order valence-electron chi connectivity index (χ4n) is 4.52. The van der Waals surface area contributed by atoms with E-state index in [0.29, 0.717) is 24.7 Å². The van der Waals surface area contributed by atoms with Crippen molar-refractivity contribution >= 4 is 11.9 Å². The van der Waals surface area contributed by atoms with Gasteiger partial charge in [-0.25, -0.2) is 9.59 Å². The molecule has 2 atom stereocenters. The number of carboxylic acid groups (broad SMARTS) is 2. The van der Waals surface area contributed by atoms with E-state index < -0.39 is 11.9 Å². The van der Waals surface area contributed by atoms with Gasteiger partial charge in [0.25, 0.3) is 0 Å². The summed E-state index contributed by atoms with van der Waals surface area (Å²) in [5.74, 6) is -1.12. The monoisotopic (exact) mass is 418 g/mol. The van der Waals surface area contributed by atoms with Crippen LogP contribution in [0.1, 0.15) is 124 Å². The number of hydrogen-bond donors (Lipinski definition) is 2. The molecule has 1 aromatic carbocycles. The van der Waals surface area contributed by atoms with Crippen molar-refractivity contribution in [3.63, 3.8) is 0 Å². The summed E-state index contributed by atoms with van der Waals surface area (Å²) in [6.45, 7) is 8.66. The van der Waals surface area contributed by atoms with Crippen LogP contribution in [0.15, 0.2) is 12.1 Å². The average molecular weight is 419 g/mol. The number of carbonyl (C=O) groups is 2. The second-order valence-corrected chi connectivity index (χ2v) is 8.70. The van der Waals surface area contributed by atoms with Crippen molar-refractivity contribution in [3.05, 3.63) is 34.4 Å². The Labute approximate surface area is 183 Å². The van der Waals surface area contributed by atoms with Crippen molar-refractivity contribution in [1.29, 1.82) is 0 Å². The minimum absolute atomic E-state index is 0.286. The summed E-state index contributed by atoms with van der Waals surface area (Å²) >= 11 is 0. The molecule has 4 heteroatoms. The molecule has 0 aliphatic rings. The molecule has 0 aromatic heterocycles. The molecule has 0 aliphatic carbocycles. The van der Waals surface area contributed by atoms with Crippen LogP contribution in [0.5, 0.6) is 0 Å². The van der Waals surface area contributed by atoms with Gasteiger partial charge in [0.1, 0.15) is 0 Å². The largest absolute Gasteiger partial charge is 0.478 e. The van der Waals surface area contributed by atoms with Crippen LogP contribution in [0.4, 0.5) is 0 Å². The van der Waals surface area contributed by atoms with E-state index in [0.717, 1.165) is 68.9 Å². The molecule has 30 heavy (non-hydrogen) atoms. The van der Waals surface area contributed by atoms with Gasteiger partial charge >= 0.3 is 11.9 Å². The maximum absolute atomic E-state index is 12.0. The van der Waals surface area contributed by atoms with Gasteiger partial charge in [-0.2, -0.15) is 0 Å². The molecule has 4 nitrogen and oxygen atoms in total. The Kier molecular flexibility index (Phi) is 12.4. The third-order valence-electron chi connectivity index (χ3n) is 6.33. The summed E-state index contributed by atoms with van der Waals surface area (Å²) in [4.78, 5) is 24.0. The first-order valence-electron chi connectivity index (χ1n) is 12.0. The zero-order valence-electron chi connectivity index (χ0n) is 19.5. The number of carboxylic acids is 2. The van der Waals surface area contributed by atoms with Crippen molar-refractivity contribution in [1.82, 2.24) is 0 Å². The number of hydrogen-bond acceptors (Lipinski definition) is 2. The van der Waals surface area contributed by atoms with Crippen LogP contribution in [0.3, 0.4) is 0 Å². The number of rotatable bonds is 16. The van der Waals surface area contributed by atoms with Gasteiger partial charge in [0.15, 0.2) is 0 Å². The molecule has 0 saturated carbocycles. The zero-order chi connectivity index (χ0) is 22.5. The lowest BCUT2D eigenvalue weighted by Gasteiger charge is -2.24. The van der Waals surface area contributed by atoms with E-state index in [9.17, 15) is 19.8 Å². The molecule has 170 valence electrons. The predicted octanol–water partition coefficient (Wildman–Crippen LogP) is 7.38. The van der Waals surface area contributed by atoms with E-state index in [1.165, 1.54) is 18.6 Å². The van der Waals surface area contributed by atoms with Crippen molar-refractivity contribution < 1.29 is 19.8 Å². The quantitative estimate of drug-likeness (QED) is 0.275. The molecular weight excluding hydrogens is 376 g/mol. The Morgan fingerprint density at radius 1 is 0.700 bits per heavy atom. The molecular formula is C26H42O4. The maximum atomic E-state index is 12.0. The summed E-state index contributed by atoms with van der Waals surface area (Å²) in [5.41, 5.74) is 2.11. The third kappa shape index (κ3) is 8.12. The number of unbranched alkanes of at least 4 members (excludes halogenated alkanes) is 3. The number of benzene rings is 1. The highest BCUT2D eigenvalue weighted by molar-refractivity contribution is 5.95. The van der Waals surface area contributed by atoms with Gasteiger partial charge in [-0.3, -0.25) is 0 Å². The summed E-state index contributed by atoms with van der Waals surface area (Å²) in [6.07, 6.45) is 12.2. The van der Waals surface area contributed by atoms with Crippen LogP contribution in [-0.4, -0.2) is 22.2 Å². The highest BCUT2D eigenvalue weighted by atomic mass is 16.4. The molecule has 1 rings (SSSR count). The Bertz CT molecular complexity index is 665. The smallest absolute Gasteiger partial charge is 0.335 e. The Morgan fingerprint density at radius 3 is 1.63 bits per heavy atom. The van der Waals surface area contributed by atoms with Gasteiger partial charge in [-0.05, 0) is 47.9 Å². The fraction of sp³-hybridized carbons (Fsp3) is 0.692. The van der Waals surface area contributed by atoms with Gasteiger partial charge in [0, 0.05) is 0 Å². The first kappa shape index (κ1) is 26.2. The van der Waals surface area contributed by atoms with Crippen molar-refractivity contribution in [2.24, 2.45) is 11.8 Å². The molecule has 2 N–H and O–H groups in total. The van der Waals surface area contributed by atoms with Crippen molar-refractivity contribution in [2.75, 3.05) is 0 Å². The molecule has 0 spiro atoms. The molecule has 0 fully saturated rings. The lowest BCUT2D eigenvalue weighted by Crippen LogP contribution is -2.18. The predicted molar refractivity (Wildman–Crippen MR) is 124 cm³/mol. The molecule has 0 bridgehead atoms. The minimum atomic E-state index is -0.952. The maximum Gasteiger partial charge on any atom is 0.335 e.